The van der Waals surface area contributed by atoms with E-state index in [2.05, 4.69) is 54.1 Å². The number of nitrogens with zero attached hydrogens (tertiary/aromatic N) is 1. The molecule has 3 rings (SSSR count). The van der Waals surface area contributed by atoms with Crippen LogP contribution in [0.4, 0.5) is 0 Å². The van der Waals surface area contributed by atoms with Crippen molar-refractivity contribution < 1.29 is 4.74 Å². The molecule has 0 saturated heterocycles. The van der Waals surface area contributed by atoms with E-state index in [-0.39, 0.29) is 0 Å². The maximum absolute atomic E-state index is 6.23. The van der Waals surface area contributed by atoms with Crippen LogP contribution in [0.15, 0.2) is 47.9 Å². The molecule has 2 heterocycles. The molecule has 0 atom stereocenters. The SMILES string of the molecule is C/C=C(/Oc1cc2ccsc2n1CC)c1ccccc1C. The average molecular weight is 297 g/mol. The van der Waals surface area contributed by atoms with Crippen LogP contribution in [0.1, 0.15) is 25.0 Å². The summed E-state index contributed by atoms with van der Waals surface area (Å²) in [5.41, 5.74) is 2.37. The maximum atomic E-state index is 6.23. The number of benzene rings is 1. The van der Waals surface area contributed by atoms with Gasteiger partial charge in [0.25, 0.3) is 0 Å². The summed E-state index contributed by atoms with van der Waals surface area (Å²) in [5, 5.41) is 3.37. The summed E-state index contributed by atoms with van der Waals surface area (Å²) in [6.45, 7) is 7.18. The predicted octanol–water partition coefficient (Wildman–Crippen LogP) is 5.47. The van der Waals surface area contributed by atoms with Crippen molar-refractivity contribution in [2.24, 2.45) is 0 Å². The minimum absolute atomic E-state index is 0.907. The van der Waals surface area contributed by atoms with E-state index in [9.17, 15) is 0 Å². The Morgan fingerprint density at radius 3 is 2.81 bits per heavy atom. The zero-order valence-electron chi connectivity index (χ0n) is 12.6. The van der Waals surface area contributed by atoms with Gasteiger partial charge in [-0.1, -0.05) is 24.3 Å². The molecule has 0 aliphatic heterocycles. The number of rotatable bonds is 4. The summed E-state index contributed by atoms with van der Waals surface area (Å²) in [7, 11) is 0. The lowest BCUT2D eigenvalue weighted by atomic mass is 10.1. The second-order valence-corrected chi connectivity index (χ2v) is 5.87. The molecule has 0 amide bonds. The summed E-state index contributed by atoms with van der Waals surface area (Å²) >= 11 is 1.76. The third-order valence-corrected chi connectivity index (χ3v) is 4.62. The number of allylic oxidation sites excluding steroid dienone is 1. The van der Waals surface area contributed by atoms with Gasteiger partial charge >= 0.3 is 0 Å². The molecule has 0 bridgehead atoms. The molecule has 2 nitrogen and oxygen atoms in total. The van der Waals surface area contributed by atoms with Crippen molar-refractivity contribution in [3.05, 3.63) is 59.0 Å². The standard InChI is InChI=1S/C18H19NOS/c1-4-16(15-9-7-6-8-13(15)3)20-17-12-14-10-11-21-18(14)19(17)5-2/h4,6-12H,5H2,1-3H3/b16-4+. The molecule has 0 unspecified atom stereocenters. The van der Waals surface area contributed by atoms with Gasteiger partial charge in [0.1, 0.15) is 10.6 Å². The van der Waals surface area contributed by atoms with E-state index in [1.165, 1.54) is 15.8 Å². The highest BCUT2D eigenvalue weighted by atomic mass is 32.1. The van der Waals surface area contributed by atoms with Crippen molar-refractivity contribution in [3.63, 3.8) is 0 Å². The van der Waals surface area contributed by atoms with Crippen LogP contribution in [0.5, 0.6) is 5.88 Å². The van der Waals surface area contributed by atoms with Gasteiger partial charge in [-0.15, -0.1) is 11.3 Å². The highest BCUT2D eigenvalue weighted by molar-refractivity contribution is 7.16. The fourth-order valence-electron chi connectivity index (χ4n) is 2.57. The first-order valence-electron chi connectivity index (χ1n) is 7.21. The molecule has 0 saturated carbocycles. The molecule has 108 valence electrons. The van der Waals surface area contributed by atoms with Crippen LogP contribution in [0, 0.1) is 6.92 Å². The van der Waals surface area contributed by atoms with E-state index in [1.807, 2.05) is 19.1 Å². The lowest BCUT2D eigenvalue weighted by Gasteiger charge is -2.14. The second-order valence-electron chi connectivity index (χ2n) is 4.98. The summed E-state index contributed by atoms with van der Waals surface area (Å²) in [4.78, 5) is 1.27. The molecule has 1 aromatic carbocycles. The Morgan fingerprint density at radius 1 is 1.29 bits per heavy atom. The zero-order valence-corrected chi connectivity index (χ0v) is 13.4. The number of aromatic nitrogens is 1. The molecular weight excluding hydrogens is 278 g/mol. The topological polar surface area (TPSA) is 14.2 Å². The summed E-state index contributed by atoms with van der Waals surface area (Å²) < 4.78 is 8.45. The molecule has 0 N–H and O–H groups in total. The quantitative estimate of drug-likeness (QED) is 0.582. The first-order chi connectivity index (χ1) is 10.2. The van der Waals surface area contributed by atoms with Gasteiger partial charge in [-0.25, -0.2) is 0 Å². The van der Waals surface area contributed by atoms with E-state index in [1.54, 1.807) is 11.3 Å². The Hall–Kier alpha value is -2.00. The van der Waals surface area contributed by atoms with Crippen LogP contribution in [0.2, 0.25) is 0 Å². The van der Waals surface area contributed by atoms with Gasteiger partial charge in [-0.05, 0) is 43.9 Å². The van der Waals surface area contributed by atoms with Gasteiger partial charge in [0, 0.05) is 23.6 Å². The fraction of sp³-hybridized carbons (Fsp3) is 0.222. The van der Waals surface area contributed by atoms with Crippen molar-refractivity contribution in [2.45, 2.75) is 27.3 Å². The number of ether oxygens (including phenoxy) is 1. The van der Waals surface area contributed by atoms with Gasteiger partial charge in [0.15, 0.2) is 0 Å². The predicted molar refractivity (Wildman–Crippen MR) is 90.9 cm³/mol. The molecule has 0 aliphatic carbocycles. The molecule has 3 heteroatoms. The number of hydrogen-bond donors (Lipinski definition) is 0. The van der Waals surface area contributed by atoms with Crippen LogP contribution in [0.25, 0.3) is 16.0 Å². The number of thiophene rings is 1. The molecule has 0 aliphatic rings. The van der Waals surface area contributed by atoms with Crippen molar-refractivity contribution in [3.8, 4) is 5.88 Å². The van der Waals surface area contributed by atoms with Crippen LogP contribution in [-0.2, 0) is 6.54 Å². The largest absolute Gasteiger partial charge is 0.441 e. The van der Waals surface area contributed by atoms with Gasteiger partial charge in [0.2, 0.25) is 5.88 Å². The molecular formula is C18H19NOS. The van der Waals surface area contributed by atoms with Crippen molar-refractivity contribution in [2.75, 3.05) is 0 Å². The van der Waals surface area contributed by atoms with E-state index in [0.29, 0.717) is 0 Å². The van der Waals surface area contributed by atoms with E-state index < -0.39 is 0 Å². The second kappa shape index (κ2) is 5.78. The summed E-state index contributed by atoms with van der Waals surface area (Å²) in [6, 6.07) is 12.6. The molecule has 3 aromatic rings. The first-order valence-corrected chi connectivity index (χ1v) is 8.09. The normalized spacial score (nSPS) is 12.0. The first kappa shape index (κ1) is 14.0. The zero-order chi connectivity index (χ0) is 14.8. The highest BCUT2D eigenvalue weighted by Gasteiger charge is 2.13. The molecule has 0 radical (unpaired) electrons. The molecule has 21 heavy (non-hydrogen) atoms. The lowest BCUT2D eigenvalue weighted by Crippen LogP contribution is -2.02. The number of hydrogen-bond acceptors (Lipinski definition) is 2. The van der Waals surface area contributed by atoms with E-state index in [0.717, 1.165) is 23.7 Å². The average Bonchev–Trinajstić information content (AvgIpc) is 3.05. The third kappa shape index (κ3) is 2.49. The smallest absolute Gasteiger partial charge is 0.201 e. The summed E-state index contributed by atoms with van der Waals surface area (Å²) in [5.74, 6) is 1.82. The minimum atomic E-state index is 0.907. The fourth-order valence-corrected chi connectivity index (χ4v) is 3.52. The Labute approximate surface area is 129 Å². The van der Waals surface area contributed by atoms with E-state index in [4.69, 9.17) is 4.74 Å². The third-order valence-electron chi connectivity index (χ3n) is 3.67. The molecule has 0 fully saturated rings. The number of aryl methyl sites for hydroxylation is 2. The van der Waals surface area contributed by atoms with Gasteiger partial charge < -0.3 is 9.30 Å². The minimum Gasteiger partial charge on any atom is -0.441 e. The van der Waals surface area contributed by atoms with E-state index >= 15 is 0 Å². The van der Waals surface area contributed by atoms with Crippen LogP contribution in [0.3, 0.4) is 0 Å². The van der Waals surface area contributed by atoms with Gasteiger partial charge in [-0.2, -0.15) is 0 Å². The Balaban J connectivity index is 2.00. The van der Waals surface area contributed by atoms with Crippen LogP contribution in [-0.4, -0.2) is 4.57 Å². The van der Waals surface area contributed by atoms with Crippen molar-refractivity contribution in [1.82, 2.24) is 4.57 Å². The Morgan fingerprint density at radius 2 is 2.10 bits per heavy atom. The molecule has 0 spiro atoms. The van der Waals surface area contributed by atoms with Crippen LogP contribution < -0.4 is 4.74 Å². The molecule has 2 aromatic heterocycles. The van der Waals surface area contributed by atoms with Gasteiger partial charge in [0.05, 0.1) is 0 Å². The Kier molecular flexibility index (Phi) is 3.84. The van der Waals surface area contributed by atoms with Crippen molar-refractivity contribution >= 4 is 27.3 Å². The van der Waals surface area contributed by atoms with Crippen molar-refractivity contribution in [1.29, 1.82) is 0 Å². The number of fused-ring (bicyclic) bond motifs is 1. The van der Waals surface area contributed by atoms with Gasteiger partial charge in [-0.3, -0.25) is 0 Å². The summed E-state index contributed by atoms with van der Waals surface area (Å²) in [6.07, 6.45) is 2.03. The lowest BCUT2D eigenvalue weighted by molar-refractivity contribution is 0.463. The Bertz CT molecular complexity index is 795. The maximum Gasteiger partial charge on any atom is 0.201 e. The van der Waals surface area contributed by atoms with Crippen LogP contribution >= 0.6 is 11.3 Å². The monoisotopic (exact) mass is 297 g/mol. The highest BCUT2D eigenvalue weighted by Crippen LogP contribution is 2.32.